The Hall–Kier alpha value is -1.82. The van der Waals surface area contributed by atoms with Crippen LogP contribution in [-0.4, -0.2) is 32.5 Å². The fourth-order valence-corrected chi connectivity index (χ4v) is 3.68. The smallest absolute Gasteiger partial charge is 0.240 e. The van der Waals surface area contributed by atoms with Gasteiger partial charge in [-0.05, 0) is 25.5 Å². The van der Waals surface area contributed by atoms with Gasteiger partial charge in [0.05, 0.1) is 5.25 Å². The third-order valence-electron chi connectivity index (χ3n) is 3.99. The lowest BCUT2D eigenvalue weighted by Crippen LogP contribution is -2.28. The zero-order chi connectivity index (χ0) is 15.7. The van der Waals surface area contributed by atoms with Gasteiger partial charge in [-0.3, -0.25) is 4.79 Å². The lowest BCUT2D eigenvalue weighted by atomic mass is 10.2. The monoisotopic (exact) mass is 316 g/mol. The maximum Gasteiger partial charge on any atom is 0.240 e. The molecule has 0 radical (unpaired) electrons. The van der Waals surface area contributed by atoms with Gasteiger partial charge in [-0.1, -0.05) is 36.4 Å². The molecule has 1 aliphatic rings. The van der Waals surface area contributed by atoms with Gasteiger partial charge in [0, 0.05) is 25.7 Å². The molecule has 0 bridgehead atoms. The van der Waals surface area contributed by atoms with Crippen molar-refractivity contribution in [1.29, 1.82) is 0 Å². The number of nitrogens with zero attached hydrogens (tertiary/aromatic N) is 4. The third kappa shape index (κ3) is 2.75. The molecule has 2 heterocycles. The average molecular weight is 316 g/mol. The zero-order valence-corrected chi connectivity index (χ0v) is 13.9. The first-order valence-electron chi connectivity index (χ1n) is 7.53. The number of thioether (sulfide) groups is 1. The molecule has 116 valence electrons. The summed E-state index contributed by atoms with van der Waals surface area (Å²) in [4.78, 5) is 14.5. The molecule has 6 heteroatoms. The fraction of sp³-hybridized carbons (Fsp3) is 0.438. The van der Waals surface area contributed by atoms with Crippen LogP contribution in [0.2, 0.25) is 0 Å². The van der Waals surface area contributed by atoms with Gasteiger partial charge in [0.25, 0.3) is 0 Å². The van der Waals surface area contributed by atoms with E-state index in [4.69, 9.17) is 0 Å². The van der Waals surface area contributed by atoms with Crippen molar-refractivity contribution in [2.75, 3.05) is 11.4 Å². The summed E-state index contributed by atoms with van der Waals surface area (Å²) in [7, 11) is 1.96. The molecule has 1 aromatic heterocycles. The highest BCUT2D eigenvalue weighted by atomic mass is 32.2. The van der Waals surface area contributed by atoms with Crippen molar-refractivity contribution < 1.29 is 4.79 Å². The second kappa shape index (κ2) is 6.12. The highest BCUT2D eigenvalue weighted by molar-refractivity contribution is 8.00. The fourth-order valence-electron chi connectivity index (χ4n) is 2.63. The topological polar surface area (TPSA) is 51.0 Å². The van der Waals surface area contributed by atoms with Gasteiger partial charge in [0.1, 0.15) is 5.82 Å². The largest absolute Gasteiger partial charge is 0.311 e. The number of hydrogen-bond donors (Lipinski definition) is 0. The van der Waals surface area contributed by atoms with E-state index in [9.17, 15) is 4.79 Å². The Morgan fingerprint density at radius 1 is 1.27 bits per heavy atom. The van der Waals surface area contributed by atoms with Crippen LogP contribution < -0.4 is 4.90 Å². The van der Waals surface area contributed by atoms with Crippen LogP contribution in [-0.2, 0) is 18.3 Å². The van der Waals surface area contributed by atoms with Crippen molar-refractivity contribution in [2.45, 2.75) is 37.1 Å². The highest BCUT2D eigenvalue weighted by Crippen LogP contribution is 2.32. The van der Waals surface area contributed by atoms with Crippen molar-refractivity contribution in [3.63, 3.8) is 0 Å². The summed E-state index contributed by atoms with van der Waals surface area (Å²) in [5.74, 6) is 1.11. The predicted molar refractivity (Wildman–Crippen MR) is 88.2 cm³/mol. The number of amides is 1. The van der Waals surface area contributed by atoms with Gasteiger partial charge < -0.3 is 9.47 Å². The average Bonchev–Trinajstić information content (AvgIpc) is 3.05. The number of anilines is 1. The van der Waals surface area contributed by atoms with Crippen LogP contribution in [0.4, 0.5) is 5.69 Å². The van der Waals surface area contributed by atoms with Crippen LogP contribution >= 0.6 is 11.8 Å². The molecule has 1 aliphatic heterocycles. The quantitative estimate of drug-likeness (QED) is 0.870. The molecule has 5 nitrogen and oxygen atoms in total. The summed E-state index contributed by atoms with van der Waals surface area (Å²) in [6.45, 7) is 4.87. The Morgan fingerprint density at radius 2 is 2.00 bits per heavy atom. The molecule has 1 fully saturated rings. The molecule has 0 unspecified atom stereocenters. The van der Waals surface area contributed by atoms with Gasteiger partial charge in [-0.2, -0.15) is 0 Å². The van der Waals surface area contributed by atoms with E-state index in [1.165, 1.54) is 17.3 Å². The van der Waals surface area contributed by atoms with Crippen LogP contribution in [0.3, 0.4) is 0 Å². The maximum atomic E-state index is 12.6. The van der Waals surface area contributed by atoms with E-state index in [0.29, 0.717) is 0 Å². The summed E-state index contributed by atoms with van der Waals surface area (Å²) < 4.78 is 1.98. The first kappa shape index (κ1) is 15.1. The summed E-state index contributed by atoms with van der Waals surface area (Å²) in [6, 6.07) is 8.11. The van der Waals surface area contributed by atoms with E-state index in [2.05, 4.69) is 17.1 Å². The van der Waals surface area contributed by atoms with Crippen molar-refractivity contribution in [3.8, 4) is 0 Å². The molecule has 0 aliphatic carbocycles. The van der Waals surface area contributed by atoms with E-state index in [1.54, 1.807) is 0 Å². The molecule has 2 aromatic rings. The Morgan fingerprint density at radius 3 is 2.64 bits per heavy atom. The molecule has 0 N–H and O–H groups in total. The first-order valence-corrected chi connectivity index (χ1v) is 8.41. The molecule has 0 spiro atoms. The number of carbonyl (C=O) groups excluding carboxylic acids is 1. The van der Waals surface area contributed by atoms with Gasteiger partial charge in [-0.25, -0.2) is 0 Å². The van der Waals surface area contributed by atoms with Crippen molar-refractivity contribution in [1.82, 2.24) is 14.8 Å². The lowest BCUT2D eigenvalue weighted by molar-refractivity contribution is -0.116. The van der Waals surface area contributed by atoms with Gasteiger partial charge in [-0.15, -0.1) is 10.2 Å². The lowest BCUT2D eigenvalue weighted by Gasteiger charge is -2.16. The number of hydrogen-bond acceptors (Lipinski definition) is 4. The summed E-state index contributed by atoms with van der Waals surface area (Å²) >= 11 is 1.52. The van der Waals surface area contributed by atoms with Crippen LogP contribution in [0.5, 0.6) is 0 Å². The van der Waals surface area contributed by atoms with Crippen molar-refractivity contribution >= 4 is 23.4 Å². The molecule has 0 saturated carbocycles. The Kier molecular flexibility index (Phi) is 4.20. The summed E-state index contributed by atoms with van der Waals surface area (Å²) in [5, 5.41) is 9.10. The second-order valence-electron chi connectivity index (χ2n) is 5.53. The predicted octanol–water partition coefficient (Wildman–Crippen LogP) is 2.58. The molecule has 1 aromatic carbocycles. The second-order valence-corrected chi connectivity index (χ2v) is 6.70. The maximum absolute atomic E-state index is 12.6. The molecular formula is C16H20N4OS. The number of aromatic nitrogens is 3. The minimum absolute atomic E-state index is 0.0751. The third-order valence-corrected chi connectivity index (χ3v) is 5.28. The van der Waals surface area contributed by atoms with E-state index in [1.807, 2.05) is 47.7 Å². The van der Waals surface area contributed by atoms with Crippen molar-refractivity contribution in [2.24, 2.45) is 7.05 Å². The zero-order valence-electron chi connectivity index (χ0n) is 13.1. The Bertz CT molecular complexity index is 680. The molecule has 1 amide bonds. The number of rotatable bonds is 4. The Labute approximate surface area is 134 Å². The van der Waals surface area contributed by atoms with Gasteiger partial charge in [0.15, 0.2) is 5.16 Å². The van der Waals surface area contributed by atoms with Crippen LogP contribution in [0.25, 0.3) is 0 Å². The number of carbonyl (C=O) groups is 1. The molecule has 1 atom stereocenters. The number of benzene rings is 1. The minimum Gasteiger partial charge on any atom is -0.311 e. The molecule has 22 heavy (non-hydrogen) atoms. The van der Waals surface area contributed by atoms with E-state index < -0.39 is 0 Å². The summed E-state index contributed by atoms with van der Waals surface area (Å²) in [5.41, 5.74) is 2.18. The van der Waals surface area contributed by atoms with Gasteiger partial charge in [0.2, 0.25) is 5.91 Å². The SMILES string of the molecule is CCc1nnc(S[C@H]2CCN(c3ccc(C)cc3)C2=O)n1C. The molecule has 3 rings (SSSR count). The normalized spacial score (nSPS) is 18.2. The first-order chi connectivity index (χ1) is 10.6. The number of aryl methyl sites for hydroxylation is 2. The van der Waals surface area contributed by atoms with Crippen LogP contribution in [0, 0.1) is 6.92 Å². The summed E-state index contributed by atoms with van der Waals surface area (Å²) in [6.07, 6.45) is 1.68. The highest BCUT2D eigenvalue weighted by Gasteiger charge is 2.34. The van der Waals surface area contributed by atoms with E-state index >= 15 is 0 Å². The standard InChI is InChI=1S/C16H20N4OS/c1-4-14-17-18-16(19(14)3)22-13-9-10-20(15(13)21)12-7-5-11(2)6-8-12/h5-8,13H,4,9-10H2,1-3H3/t13-/m0/s1. The minimum atomic E-state index is -0.0751. The molecular weight excluding hydrogens is 296 g/mol. The molecule has 1 saturated heterocycles. The van der Waals surface area contributed by atoms with E-state index in [0.717, 1.165) is 36.1 Å². The Balaban J connectivity index is 1.73. The van der Waals surface area contributed by atoms with Crippen LogP contribution in [0.1, 0.15) is 24.7 Å². The van der Waals surface area contributed by atoms with E-state index in [-0.39, 0.29) is 11.2 Å². The van der Waals surface area contributed by atoms with Gasteiger partial charge >= 0.3 is 0 Å². The van der Waals surface area contributed by atoms with Crippen molar-refractivity contribution in [3.05, 3.63) is 35.7 Å². The van der Waals surface area contributed by atoms with Crippen LogP contribution in [0.15, 0.2) is 29.4 Å².